The molecular formula is C16H15N5O3. The molecule has 1 aromatic carbocycles. The van der Waals surface area contributed by atoms with Crippen molar-refractivity contribution in [1.82, 2.24) is 9.88 Å². The van der Waals surface area contributed by atoms with Crippen LogP contribution in [0.3, 0.4) is 0 Å². The number of anilines is 1. The molecule has 1 N–H and O–H groups in total. The largest absolute Gasteiger partial charge is 0.322 e. The number of hydrogen-bond acceptors (Lipinski definition) is 5. The first-order valence-electron chi connectivity index (χ1n) is 7.17. The van der Waals surface area contributed by atoms with Crippen LogP contribution in [0.1, 0.15) is 12.1 Å². The molecule has 24 heavy (non-hydrogen) atoms. The van der Waals surface area contributed by atoms with Crippen LogP contribution >= 0.6 is 0 Å². The highest BCUT2D eigenvalue weighted by Gasteiger charge is 2.15. The number of carbonyl (C=O) groups is 1. The predicted octanol–water partition coefficient (Wildman–Crippen LogP) is 2.94. The molecule has 1 heterocycles. The van der Waals surface area contributed by atoms with Crippen molar-refractivity contribution in [3.05, 3.63) is 64.5 Å². The fraction of sp³-hybridized carbons (Fsp3) is 0.188. The topological polar surface area (TPSA) is 112 Å². The monoisotopic (exact) mass is 325 g/mol. The van der Waals surface area contributed by atoms with E-state index in [0.717, 1.165) is 0 Å². The Morgan fingerprint density at radius 1 is 1.29 bits per heavy atom. The van der Waals surface area contributed by atoms with Crippen molar-refractivity contribution in [1.29, 1.82) is 5.26 Å². The van der Waals surface area contributed by atoms with Crippen LogP contribution < -0.4 is 5.32 Å². The Labute approximate surface area is 138 Å². The van der Waals surface area contributed by atoms with Crippen LogP contribution in [0.5, 0.6) is 0 Å². The summed E-state index contributed by atoms with van der Waals surface area (Å²) in [7, 11) is 0. The van der Waals surface area contributed by atoms with Crippen molar-refractivity contribution in [2.24, 2.45) is 0 Å². The third-order valence-electron chi connectivity index (χ3n) is 3.19. The van der Waals surface area contributed by atoms with Gasteiger partial charge in [0.05, 0.1) is 29.7 Å². The third-order valence-corrected chi connectivity index (χ3v) is 3.19. The number of nitro groups is 1. The van der Waals surface area contributed by atoms with Crippen LogP contribution in [-0.2, 0) is 6.54 Å². The smallest absolute Gasteiger partial charge is 0.318 e. The van der Waals surface area contributed by atoms with Gasteiger partial charge in [0.15, 0.2) is 0 Å². The number of amides is 2. The van der Waals surface area contributed by atoms with Crippen LogP contribution in [0.15, 0.2) is 48.7 Å². The van der Waals surface area contributed by atoms with E-state index in [1.807, 2.05) is 12.1 Å². The molecule has 0 radical (unpaired) electrons. The van der Waals surface area contributed by atoms with Crippen LogP contribution in [-0.4, -0.2) is 27.4 Å². The zero-order valence-electron chi connectivity index (χ0n) is 12.8. The molecule has 0 aliphatic heterocycles. The van der Waals surface area contributed by atoms with Crippen molar-refractivity contribution in [2.75, 3.05) is 11.9 Å². The van der Waals surface area contributed by atoms with Crippen molar-refractivity contribution < 1.29 is 9.72 Å². The van der Waals surface area contributed by atoms with Gasteiger partial charge in [-0.15, -0.1) is 0 Å². The van der Waals surface area contributed by atoms with E-state index in [1.54, 1.807) is 18.3 Å². The van der Waals surface area contributed by atoms with E-state index in [1.165, 1.54) is 29.2 Å². The van der Waals surface area contributed by atoms with Crippen molar-refractivity contribution in [3.63, 3.8) is 0 Å². The number of benzene rings is 1. The number of rotatable bonds is 6. The van der Waals surface area contributed by atoms with E-state index >= 15 is 0 Å². The SMILES string of the molecule is N#CCCN(Cc1ccccn1)C(=O)Nc1ccc([N+](=O)[O-])cc1. The van der Waals surface area contributed by atoms with Gasteiger partial charge in [0.1, 0.15) is 0 Å². The van der Waals surface area contributed by atoms with Crippen LogP contribution in [0.2, 0.25) is 0 Å². The van der Waals surface area contributed by atoms with Gasteiger partial charge in [0.25, 0.3) is 5.69 Å². The Bertz CT molecular complexity index is 741. The minimum Gasteiger partial charge on any atom is -0.318 e. The Hall–Kier alpha value is -3.47. The van der Waals surface area contributed by atoms with Gasteiger partial charge < -0.3 is 10.2 Å². The molecule has 122 valence electrons. The quantitative estimate of drug-likeness (QED) is 0.648. The average Bonchev–Trinajstić information content (AvgIpc) is 2.60. The van der Waals surface area contributed by atoms with Gasteiger partial charge in [0.2, 0.25) is 0 Å². The van der Waals surface area contributed by atoms with Gasteiger partial charge in [-0.05, 0) is 24.3 Å². The molecule has 1 aromatic heterocycles. The molecule has 0 aliphatic carbocycles. The third kappa shape index (κ3) is 4.78. The highest BCUT2D eigenvalue weighted by molar-refractivity contribution is 5.89. The zero-order valence-corrected chi connectivity index (χ0v) is 12.8. The highest BCUT2D eigenvalue weighted by atomic mass is 16.6. The molecule has 0 bridgehead atoms. The standard InChI is InChI=1S/C16H15N5O3/c17-9-3-11-20(12-14-4-1-2-10-18-14)16(22)19-13-5-7-15(8-6-13)21(23)24/h1-2,4-8,10H,3,11-12H2,(H,19,22). The number of non-ortho nitro benzene ring substituents is 1. The molecule has 0 spiro atoms. The lowest BCUT2D eigenvalue weighted by Gasteiger charge is -2.21. The summed E-state index contributed by atoms with van der Waals surface area (Å²) in [4.78, 5) is 28.1. The summed E-state index contributed by atoms with van der Waals surface area (Å²) in [5, 5.41) is 22.0. The number of hydrogen-bond donors (Lipinski definition) is 1. The lowest BCUT2D eigenvalue weighted by atomic mass is 10.3. The summed E-state index contributed by atoms with van der Waals surface area (Å²) in [6.07, 6.45) is 1.83. The summed E-state index contributed by atoms with van der Waals surface area (Å²) in [6, 6.07) is 12.5. The van der Waals surface area contributed by atoms with E-state index in [4.69, 9.17) is 5.26 Å². The Balaban J connectivity index is 2.06. The minimum absolute atomic E-state index is 0.0529. The number of aromatic nitrogens is 1. The summed E-state index contributed by atoms with van der Waals surface area (Å²) in [6.45, 7) is 0.521. The number of nitriles is 1. The molecular weight excluding hydrogens is 310 g/mol. The van der Waals surface area contributed by atoms with E-state index in [9.17, 15) is 14.9 Å². The van der Waals surface area contributed by atoms with Crippen LogP contribution in [0.4, 0.5) is 16.2 Å². The number of urea groups is 1. The molecule has 2 amide bonds. The van der Waals surface area contributed by atoms with Crippen molar-refractivity contribution in [2.45, 2.75) is 13.0 Å². The van der Waals surface area contributed by atoms with Gasteiger partial charge in [-0.2, -0.15) is 5.26 Å². The van der Waals surface area contributed by atoms with Gasteiger partial charge in [-0.25, -0.2) is 4.79 Å². The maximum atomic E-state index is 12.4. The number of nitrogens with one attached hydrogen (secondary N) is 1. The van der Waals surface area contributed by atoms with Gasteiger partial charge in [-0.3, -0.25) is 15.1 Å². The molecule has 0 saturated heterocycles. The summed E-state index contributed by atoms with van der Waals surface area (Å²) in [5.74, 6) is 0. The second-order valence-electron chi connectivity index (χ2n) is 4.88. The molecule has 8 nitrogen and oxygen atoms in total. The zero-order chi connectivity index (χ0) is 17.4. The van der Waals surface area contributed by atoms with Crippen LogP contribution in [0, 0.1) is 21.4 Å². The predicted molar refractivity (Wildman–Crippen MR) is 87.0 cm³/mol. The first-order chi connectivity index (χ1) is 11.6. The van der Waals surface area contributed by atoms with E-state index < -0.39 is 11.0 Å². The lowest BCUT2D eigenvalue weighted by molar-refractivity contribution is -0.384. The fourth-order valence-electron chi connectivity index (χ4n) is 1.99. The molecule has 2 aromatic rings. The van der Waals surface area contributed by atoms with Crippen LogP contribution in [0.25, 0.3) is 0 Å². The summed E-state index contributed by atoms with van der Waals surface area (Å²) >= 11 is 0. The molecule has 8 heteroatoms. The van der Waals surface area contributed by atoms with Crippen molar-refractivity contribution >= 4 is 17.4 Å². The van der Waals surface area contributed by atoms with Crippen molar-refractivity contribution in [3.8, 4) is 6.07 Å². The number of nitro benzene ring substituents is 1. The maximum Gasteiger partial charge on any atom is 0.322 e. The normalized spacial score (nSPS) is 9.79. The number of carbonyl (C=O) groups excluding carboxylic acids is 1. The minimum atomic E-state index is -0.508. The first kappa shape index (κ1) is 16.9. The van der Waals surface area contributed by atoms with E-state index in [-0.39, 0.29) is 25.2 Å². The fourth-order valence-corrected chi connectivity index (χ4v) is 1.99. The molecule has 0 unspecified atom stereocenters. The average molecular weight is 325 g/mol. The van der Waals surface area contributed by atoms with Gasteiger partial charge in [0, 0.05) is 30.6 Å². The lowest BCUT2D eigenvalue weighted by Crippen LogP contribution is -2.35. The van der Waals surface area contributed by atoms with E-state index in [2.05, 4.69) is 10.3 Å². The Kier molecular flexibility index (Phi) is 5.80. The van der Waals surface area contributed by atoms with Gasteiger partial charge >= 0.3 is 6.03 Å². The Morgan fingerprint density at radius 2 is 2.04 bits per heavy atom. The Morgan fingerprint density at radius 3 is 2.62 bits per heavy atom. The number of nitrogens with zero attached hydrogens (tertiary/aromatic N) is 4. The molecule has 0 atom stereocenters. The molecule has 0 saturated carbocycles. The maximum absolute atomic E-state index is 12.4. The first-order valence-corrected chi connectivity index (χ1v) is 7.17. The van der Waals surface area contributed by atoms with Gasteiger partial charge in [-0.1, -0.05) is 6.07 Å². The molecule has 0 aliphatic rings. The molecule has 2 rings (SSSR count). The summed E-state index contributed by atoms with van der Waals surface area (Å²) < 4.78 is 0. The summed E-state index contributed by atoms with van der Waals surface area (Å²) in [5.41, 5.74) is 1.09. The number of pyridine rings is 1. The second kappa shape index (κ2) is 8.24. The molecule has 0 fully saturated rings. The van der Waals surface area contributed by atoms with E-state index in [0.29, 0.717) is 11.4 Å². The highest BCUT2D eigenvalue weighted by Crippen LogP contribution is 2.16. The second-order valence-corrected chi connectivity index (χ2v) is 4.88.